The van der Waals surface area contributed by atoms with Gasteiger partial charge in [0.15, 0.2) is 5.76 Å². The van der Waals surface area contributed by atoms with Crippen LogP contribution in [0.2, 0.25) is 0 Å². The van der Waals surface area contributed by atoms with E-state index in [1.54, 1.807) is 4.90 Å². The van der Waals surface area contributed by atoms with E-state index in [0.717, 1.165) is 18.5 Å². The molecule has 0 spiro atoms. The Bertz CT molecular complexity index is 507. The van der Waals surface area contributed by atoms with Gasteiger partial charge in [-0.3, -0.25) is 9.59 Å². The van der Waals surface area contributed by atoms with Crippen LogP contribution in [-0.2, 0) is 16.1 Å². The summed E-state index contributed by atoms with van der Waals surface area (Å²) in [5, 5.41) is 6.65. The van der Waals surface area contributed by atoms with E-state index in [4.69, 9.17) is 4.52 Å². The number of carbonyl (C=O) groups is 2. The molecule has 1 saturated heterocycles. The summed E-state index contributed by atoms with van der Waals surface area (Å²) >= 11 is 0. The zero-order valence-electron chi connectivity index (χ0n) is 10.9. The van der Waals surface area contributed by atoms with Crippen molar-refractivity contribution in [3.05, 3.63) is 17.5 Å². The zero-order chi connectivity index (χ0) is 13.4. The Balaban J connectivity index is 1.75. The Kier molecular flexibility index (Phi) is 3.00. The van der Waals surface area contributed by atoms with Crippen molar-refractivity contribution in [1.29, 1.82) is 0 Å². The first-order valence-electron chi connectivity index (χ1n) is 6.64. The number of aromatic nitrogens is 1. The van der Waals surface area contributed by atoms with Gasteiger partial charge in [0, 0.05) is 19.0 Å². The topological polar surface area (TPSA) is 75.4 Å². The van der Waals surface area contributed by atoms with E-state index < -0.39 is 0 Å². The second kappa shape index (κ2) is 4.68. The minimum Gasteiger partial charge on any atom is -0.359 e. The Morgan fingerprint density at radius 2 is 2.26 bits per heavy atom. The van der Waals surface area contributed by atoms with Crippen LogP contribution in [0.3, 0.4) is 0 Å². The van der Waals surface area contributed by atoms with Gasteiger partial charge in [-0.15, -0.1) is 0 Å². The number of hydrogen-bond acceptors (Lipinski definition) is 4. The monoisotopic (exact) mass is 263 g/mol. The molecule has 1 atom stereocenters. The minimum absolute atomic E-state index is 0.00223. The number of aryl methyl sites for hydroxylation is 1. The Morgan fingerprint density at radius 1 is 1.47 bits per heavy atom. The second-order valence-corrected chi connectivity index (χ2v) is 5.33. The fourth-order valence-electron chi connectivity index (χ4n) is 2.44. The molecule has 2 fully saturated rings. The van der Waals surface area contributed by atoms with Crippen LogP contribution in [0.5, 0.6) is 0 Å². The first-order chi connectivity index (χ1) is 9.13. The first kappa shape index (κ1) is 12.2. The largest absolute Gasteiger partial charge is 0.359 e. The maximum atomic E-state index is 12.4. The van der Waals surface area contributed by atoms with Crippen LogP contribution in [0.1, 0.15) is 30.7 Å². The van der Waals surface area contributed by atoms with E-state index in [1.807, 2.05) is 13.0 Å². The quantitative estimate of drug-likeness (QED) is 0.867. The number of amides is 2. The highest BCUT2D eigenvalue weighted by Gasteiger charge is 2.41. The molecule has 1 aromatic heterocycles. The van der Waals surface area contributed by atoms with Crippen molar-refractivity contribution in [2.75, 3.05) is 6.54 Å². The van der Waals surface area contributed by atoms with E-state index in [2.05, 4.69) is 10.5 Å². The molecular weight excluding hydrogens is 246 g/mol. The van der Waals surface area contributed by atoms with Gasteiger partial charge in [-0.25, -0.2) is 0 Å². The van der Waals surface area contributed by atoms with Crippen molar-refractivity contribution in [2.24, 2.45) is 5.92 Å². The second-order valence-electron chi connectivity index (χ2n) is 5.33. The summed E-state index contributed by atoms with van der Waals surface area (Å²) in [4.78, 5) is 25.8. The number of nitrogens with one attached hydrogen (secondary N) is 1. The van der Waals surface area contributed by atoms with Crippen LogP contribution in [-0.4, -0.2) is 34.5 Å². The van der Waals surface area contributed by atoms with E-state index in [1.165, 1.54) is 0 Å². The lowest BCUT2D eigenvalue weighted by atomic mass is 10.1. The molecule has 1 unspecified atom stereocenters. The highest BCUT2D eigenvalue weighted by Crippen LogP contribution is 2.34. The molecule has 1 aromatic rings. The molecule has 2 aliphatic rings. The molecular formula is C13H17N3O3. The van der Waals surface area contributed by atoms with Crippen molar-refractivity contribution in [3.8, 4) is 0 Å². The SMILES string of the molecule is Cc1cc(CN2CCC(=O)NC(C3CC3)C2=O)on1. The highest BCUT2D eigenvalue weighted by atomic mass is 16.5. The van der Waals surface area contributed by atoms with Crippen LogP contribution < -0.4 is 5.32 Å². The fourth-order valence-corrected chi connectivity index (χ4v) is 2.44. The molecule has 0 aromatic carbocycles. The predicted molar refractivity (Wildman–Crippen MR) is 65.9 cm³/mol. The third-order valence-corrected chi connectivity index (χ3v) is 3.62. The lowest BCUT2D eigenvalue weighted by molar-refractivity contribution is -0.134. The maximum absolute atomic E-state index is 12.4. The van der Waals surface area contributed by atoms with Gasteiger partial charge in [0.1, 0.15) is 6.04 Å². The standard InChI is InChI=1S/C13H17N3O3/c1-8-6-10(19-15-8)7-16-5-4-11(17)14-12(13(16)18)9-2-3-9/h6,9,12H,2-5,7H2,1H3,(H,14,17). The molecule has 0 radical (unpaired) electrons. The lowest BCUT2D eigenvalue weighted by Gasteiger charge is -2.22. The third-order valence-electron chi connectivity index (χ3n) is 3.62. The Morgan fingerprint density at radius 3 is 2.89 bits per heavy atom. The van der Waals surface area contributed by atoms with Crippen LogP contribution in [0.15, 0.2) is 10.6 Å². The van der Waals surface area contributed by atoms with Gasteiger partial charge in [0.05, 0.1) is 12.2 Å². The van der Waals surface area contributed by atoms with Crippen LogP contribution in [0.25, 0.3) is 0 Å². The Labute approximate surface area is 111 Å². The van der Waals surface area contributed by atoms with Gasteiger partial charge in [-0.05, 0) is 25.7 Å². The molecule has 1 aliphatic carbocycles. The highest BCUT2D eigenvalue weighted by molar-refractivity contribution is 5.90. The predicted octanol–water partition coefficient (Wildman–Crippen LogP) is 0.610. The van der Waals surface area contributed by atoms with Crippen molar-refractivity contribution >= 4 is 11.8 Å². The molecule has 19 heavy (non-hydrogen) atoms. The van der Waals surface area contributed by atoms with E-state index in [-0.39, 0.29) is 17.9 Å². The lowest BCUT2D eigenvalue weighted by Crippen LogP contribution is -2.45. The molecule has 3 rings (SSSR count). The summed E-state index contributed by atoms with van der Waals surface area (Å²) in [5.74, 6) is 0.937. The summed E-state index contributed by atoms with van der Waals surface area (Å²) in [6, 6.07) is 1.47. The van der Waals surface area contributed by atoms with E-state index in [9.17, 15) is 9.59 Å². The minimum atomic E-state index is -0.348. The van der Waals surface area contributed by atoms with Crippen LogP contribution in [0, 0.1) is 12.8 Å². The number of carbonyl (C=O) groups excluding carboxylic acids is 2. The van der Waals surface area contributed by atoms with Crippen molar-refractivity contribution in [3.63, 3.8) is 0 Å². The average Bonchev–Trinajstić information content (AvgIpc) is 3.14. The third kappa shape index (κ3) is 2.62. The smallest absolute Gasteiger partial charge is 0.245 e. The molecule has 6 heteroatoms. The number of rotatable bonds is 3. The summed E-state index contributed by atoms with van der Waals surface area (Å²) in [5.41, 5.74) is 0.796. The van der Waals surface area contributed by atoms with Crippen LogP contribution >= 0.6 is 0 Å². The molecule has 0 bridgehead atoms. The average molecular weight is 263 g/mol. The molecule has 1 N–H and O–H groups in total. The van der Waals surface area contributed by atoms with Crippen molar-refractivity contribution < 1.29 is 14.1 Å². The number of nitrogens with zero attached hydrogens (tertiary/aromatic N) is 2. The summed E-state index contributed by atoms with van der Waals surface area (Å²) in [7, 11) is 0. The molecule has 102 valence electrons. The zero-order valence-corrected chi connectivity index (χ0v) is 10.9. The molecule has 6 nitrogen and oxygen atoms in total. The van der Waals surface area contributed by atoms with Gasteiger partial charge >= 0.3 is 0 Å². The molecule has 2 heterocycles. The number of hydrogen-bond donors (Lipinski definition) is 1. The summed E-state index contributed by atoms with van der Waals surface area (Å²) in [6.45, 7) is 2.67. The van der Waals surface area contributed by atoms with E-state index in [0.29, 0.717) is 31.2 Å². The maximum Gasteiger partial charge on any atom is 0.245 e. The van der Waals surface area contributed by atoms with E-state index >= 15 is 0 Å². The van der Waals surface area contributed by atoms with Crippen LogP contribution in [0.4, 0.5) is 0 Å². The molecule has 2 amide bonds. The summed E-state index contributed by atoms with van der Waals surface area (Å²) < 4.78 is 5.15. The normalized spacial score (nSPS) is 24.3. The Hall–Kier alpha value is -1.85. The molecule has 1 saturated carbocycles. The van der Waals surface area contributed by atoms with Crippen molar-refractivity contribution in [1.82, 2.24) is 15.4 Å². The van der Waals surface area contributed by atoms with Gasteiger partial charge in [0.2, 0.25) is 11.8 Å². The first-order valence-corrected chi connectivity index (χ1v) is 6.64. The fraction of sp³-hybridized carbons (Fsp3) is 0.615. The van der Waals surface area contributed by atoms with Gasteiger partial charge < -0.3 is 14.7 Å². The van der Waals surface area contributed by atoms with Gasteiger partial charge in [-0.2, -0.15) is 0 Å². The van der Waals surface area contributed by atoms with Gasteiger partial charge in [0.25, 0.3) is 0 Å². The molecule has 1 aliphatic heterocycles. The van der Waals surface area contributed by atoms with Crippen molar-refractivity contribution in [2.45, 2.75) is 38.8 Å². The van der Waals surface area contributed by atoms with Gasteiger partial charge in [-0.1, -0.05) is 5.16 Å². The summed E-state index contributed by atoms with van der Waals surface area (Å²) in [6.07, 6.45) is 2.39.